The molecule has 0 aliphatic carbocycles. The van der Waals surface area contributed by atoms with Crippen molar-refractivity contribution in [3.05, 3.63) is 42.2 Å². The summed E-state index contributed by atoms with van der Waals surface area (Å²) in [5.74, 6) is -2.04. The summed E-state index contributed by atoms with van der Waals surface area (Å²) in [5, 5.41) is 27.6. The van der Waals surface area contributed by atoms with Crippen LogP contribution in [0.4, 0.5) is 0 Å². The summed E-state index contributed by atoms with van der Waals surface area (Å²) in [6.45, 7) is -0.701. The number of carbonyl (C=O) groups is 2. The second-order valence-corrected chi connectivity index (χ2v) is 3.90. The number of rotatable bonds is 5. The van der Waals surface area contributed by atoms with E-state index in [1.807, 2.05) is 6.07 Å². The molecule has 3 N–H and O–H groups in total. The first-order valence-corrected chi connectivity index (χ1v) is 5.74. The summed E-state index contributed by atoms with van der Waals surface area (Å²) in [5.41, 5.74) is 0.636. The normalized spacial score (nSPS) is 11.8. The molecule has 1 aromatic carbocycles. The second-order valence-electron chi connectivity index (χ2n) is 3.90. The summed E-state index contributed by atoms with van der Waals surface area (Å²) in [7, 11) is 0. The smallest absolute Gasteiger partial charge is 0.328 e. The van der Waals surface area contributed by atoms with E-state index in [9.17, 15) is 9.59 Å². The number of aliphatic carboxylic acids is 1. The highest BCUT2D eigenvalue weighted by Crippen LogP contribution is 2.04. The van der Waals surface area contributed by atoms with Gasteiger partial charge in [-0.05, 0) is 12.1 Å². The number of nitrogens with one attached hydrogen (secondary N) is 1. The molecule has 2 aromatic rings. The molecule has 0 saturated carbocycles. The van der Waals surface area contributed by atoms with Gasteiger partial charge in [0.1, 0.15) is 0 Å². The van der Waals surface area contributed by atoms with E-state index in [2.05, 4.69) is 15.5 Å². The lowest BCUT2D eigenvalue weighted by molar-refractivity contribution is -0.140. The summed E-state index contributed by atoms with van der Waals surface area (Å²) in [6.07, 6.45) is 1.22. The van der Waals surface area contributed by atoms with Crippen molar-refractivity contribution < 1.29 is 19.8 Å². The number of carboxylic acids is 1. The van der Waals surface area contributed by atoms with Gasteiger partial charge >= 0.3 is 5.97 Å². The Morgan fingerprint density at radius 3 is 2.60 bits per heavy atom. The topological polar surface area (TPSA) is 117 Å². The van der Waals surface area contributed by atoms with E-state index in [4.69, 9.17) is 10.2 Å². The molecule has 0 saturated heterocycles. The van der Waals surface area contributed by atoms with Gasteiger partial charge in [-0.15, -0.1) is 5.10 Å². The summed E-state index contributed by atoms with van der Waals surface area (Å²) in [4.78, 5) is 23.7. The Labute approximate surface area is 113 Å². The van der Waals surface area contributed by atoms with Crippen LogP contribution in [0.2, 0.25) is 0 Å². The van der Waals surface area contributed by atoms with Crippen LogP contribution < -0.4 is 5.32 Å². The molecule has 8 nitrogen and oxygen atoms in total. The molecule has 1 aromatic heterocycles. The molecule has 2 rings (SSSR count). The number of carboxylic acid groups (broad SMARTS) is 1. The highest BCUT2D eigenvalue weighted by atomic mass is 16.4. The monoisotopic (exact) mass is 276 g/mol. The third-order valence-electron chi connectivity index (χ3n) is 2.50. The van der Waals surface area contributed by atoms with Gasteiger partial charge in [-0.2, -0.15) is 9.90 Å². The number of aliphatic hydroxyl groups excluding tert-OH is 1. The van der Waals surface area contributed by atoms with Crippen LogP contribution in [0.25, 0.3) is 5.69 Å². The van der Waals surface area contributed by atoms with Gasteiger partial charge in [0.15, 0.2) is 11.7 Å². The van der Waals surface area contributed by atoms with Gasteiger partial charge in [0.25, 0.3) is 5.91 Å². The fourth-order valence-corrected chi connectivity index (χ4v) is 1.47. The molecule has 8 heteroatoms. The number of para-hydroxylation sites is 1. The van der Waals surface area contributed by atoms with Crippen molar-refractivity contribution in [1.29, 1.82) is 0 Å². The minimum atomic E-state index is -1.37. The Morgan fingerprint density at radius 2 is 2.00 bits per heavy atom. The quantitative estimate of drug-likeness (QED) is 0.674. The van der Waals surface area contributed by atoms with E-state index in [0.29, 0.717) is 5.69 Å². The van der Waals surface area contributed by atoms with Crippen LogP contribution in [0.3, 0.4) is 0 Å². The van der Waals surface area contributed by atoms with Crippen LogP contribution in [0.15, 0.2) is 36.5 Å². The minimum absolute atomic E-state index is 0.0337. The van der Waals surface area contributed by atoms with Crippen LogP contribution >= 0.6 is 0 Å². The Kier molecular flexibility index (Phi) is 4.06. The van der Waals surface area contributed by atoms with E-state index >= 15 is 0 Å². The van der Waals surface area contributed by atoms with E-state index in [0.717, 1.165) is 0 Å². The highest BCUT2D eigenvalue weighted by Gasteiger charge is 2.21. The predicted octanol–water partition coefficient (Wildman–Crippen LogP) is -0.557. The van der Waals surface area contributed by atoms with E-state index in [-0.39, 0.29) is 5.69 Å². The van der Waals surface area contributed by atoms with E-state index < -0.39 is 24.5 Å². The molecule has 0 spiro atoms. The SMILES string of the molecule is O=C(NC(CO)C(=O)O)c1cnn(-c2ccccc2)n1. The van der Waals surface area contributed by atoms with Gasteiger partial charge in [0.2, 0.25) is 0 Å². The van der Waals surface area contributed by atoms with Crippen molar-refractivity contribution in [2.24, 2.45) is 0 Å². The first kappa shape index (κ1) is 13.7. The van der Waals surface area contributed by atoms with E-state index in [1.54, 1.807) is 24.3 Å². The van der Waals surface area contributed by atoms with Gasteiger partial charge in [-0.25, -0.2) is 4.79 Å². The van der Waals surface area contributed by atoms with Crippen molar-refractivity contribution in [3.63, 3.8) is 0 Å². The molecule has 0 bridgehead atoms. The first-order valence-electron chi connectivity index (χ1n) is 5.74. The maximum Gasteiger partial charge on any atom is 0.328 e. The maximum atomic E-state index is 11.8. The first-order chi connectivity index (χ1) is 9.61. The average molecular weight is 276 g/mol. The second kappa shape index (κ2) is 5.93. The van der Waals surface area contributed by atoms with Crippen molar-refractivity contribution in [3.8, 4) is 5.69 Å². The van der Waals surface area contributed by atoms with Crippen LogP contribution in [-0.4, -0.2) is 49.7 Å². The van der Waals surface area contributed by atoms with Gasteiger partial charge in [-0.3, -0.25) is 4.79 Å². The molecule has 1 amide bonds. The summed E-state index contributed by atoms with van der Waals surface area (Å²) >= 11 is 0. The maximum absolute atomic E-state index is 11.8. The zero-order valence-electron chi connectivity index (χ0n) is 10.3. The van der Waals surface area contributed by atoms with Crippen molar-refractivity contribution in [1.82, 2.24) is 20.3 Å². The van der Waals surface area contributed by atoms with Crippen molar-refractivity contribution >= 4 is 11.9 Å². The van der Waals surface area contributed by atoms with Crippen molar-refractivity contribution in [2.45, 2.75) is 6.04 Å². The molecular formula is C12H12N4O4. The molecule has 20 heavy (non-hydrogen) atoms. The number of hydrogen-bond acceptors (Lipinski definition) is 5. The number of benzene rings is 1. The minimum Gasteiger partial charge on any atom is -0.480 e. The number of nitrogens with zero attached hydrogens (tertiary/aromatic N) is 3. The predicted molar refractivity (Wildman–Crippen MR) is 67.3 cm³/mol. The number of carbonyl (C=O) groups excluding carboxylic acids is 1. The number of aromatic nitrogens is 3. The molecule has 0 radical (unpaired) electrons. The molecule has 1 heterocycles. The molecular weight excluding hydrogens is 264 g/mol. The average Bonchev–Trinajstić information content (AvgIpc) is 2.95. The Bertz CT molecular complexity index is 611. The lowest BCUT2D eigenvalue weighted by atomic mass is 10.3. The largest absolute Gasteiger partial charge is 0.480 e. The fraction of sp³-hybridized carbons (Fsp3) is 0.167. The lowest BCUT2D eigenvalue weighted by Gasteiger charge is -2.09. The number of aliphatic hydroxyl groups is 1. The zero-order chi connectivity index (χ0) is 14.5. The van der Waals surface area contributed by atoms with Gasteiger partial charge in [0.05, 0.1) is 18.5 Å². The number of amides is 1. The third kappa shape index (κ3) is 2.98. The van der Waals surface area contributed by atoms with E-state index in [1.165, 1.54) is 11.0 Å². The molecule has 104 valence electrons. The van der Waals surface area contributed by atoms with Gasteiger partial charge in [-0.1, -0.05) is 18.2 Å². The van der Waals surface area contributed by atoms with Crippen LogP contribution in [0, 0.1) is 0 Å². The molecule has 0 fully saturated rings. The Balaban J connectivity index is 2.13. The molecule has 0 aliphatic heterocycles. The Morgan fingerprint density at radius 1 is 1.30 bits per heavy atom. The van der Waals surface area contributed by atoms with Gasteiger partial charge < -0.3 is 15.5 Å². The third-order valence-corrected chi connectivity index (χ3v) is 2.50. The highest BCUT2D eigenvalue weighted by molar-refractivity contribution is 5.94. The van der Waals surface area contributed by atoms with Crippen molar-refractivity contribution in [2.75, 3.05) is 6.61 Å². The molecule has 1 unspecified atom stereocenters. The molecule has 1 atom stereocenters. The van der Waals surface area contributed by atoms with Crippen LogP contribution in [0.5, 0.6) is 0 Å². The van der Waals surface area contributed by atoms with Crippen LogP contribution in [0.1, 0.15) is 10.5 Å². The Hall–Kier alpha value is -2.74. The van der Waals surface area contributed by atoms with Gasteiger partial charge in [0, 0.05) is 0 Å². The molecule has 0 aliphatic rings. The summed E-state index contributed by atoms with van der Waals surface area (Å²) < 4.78 is 0. The number of hydrogen-bond donors (Lipinski definition) is 3. The fourth-order valence-electron chi connectivity index (χ4n) is 1.47. The summed E-state index contributed by atoms with van der Waals surface area (Å²) in [6, 6.07) is 7.57. The lowest BCUT2D eigenvalue weighted by Crippen LogP contribution is -2.43. The standard InChI is InChI=1S/C12H12N4O4/c17-7-10(12(19)20)14-11(18)9-6-13-16(15-9)8-4-2-1-3-5-8/h1-6,10,17H,7H2,(H,14,18)(H,19,20). The zero-order valence-corrected chi connectivity index (χ0v) is 10.3. The van der Waals surface area contributed by atoms with Crippen LogP contribution in [-0.2, 0) is 4.79 Å².